The molecule has 0 aliphatic heterocycles. The van der Waals surface area contributed by atoms with Crippen LogP contribution in [0.25, 0.3) is 0 Å². The predicted molar refractivity (Wildman–Crippen MR) is 161 cm³/mol. The van der Waals surface area contributed by atoms with Crippen LogP contribution in [0.1, 0.15) is 189 Å². The fourth-order valence-corrected chi connectivity index (χ4v) is 5.91. The Kier molecular flexibility index (Phi) is 25.7. The average molecular weight is 509 g/mol. The van der Waals surface area contributed by atoms with Crippen LogP contribution in [0, 0.1) is 23.7 Å². The van der Waals surface area contributed by atoms with E-state index in [2.05, 4.69) is 34.6 Å². The Morgan fingerprint density at radius 3 is 1.31 bits per heavy atom. The Labute approximate surface area is 228 Å². The minimum atomic E-state index is -0.558. The van der Waals surface area contributed by atoms with Crippen molar-refractivity contribution in [2.45, 2.75) is 189 Å². The van der Waals surface area contributed by atoms with Gasteiger partial charge in [0.2, 0.25) is 0 Å². The summed E-state index contributed by atoms with van der Waals surface area (Å²) in [6, 6.07) is 0. The van der Waals surface area contributed by atoms with Gasteiger partial charge >= 0.3 is 5.97 Å². The van der Waals surface area contributed by atoms with Gasteiger partial charge in [-0.1, -0.05) is 176 Å². The molecular formula is C34H68O2. The molecule has 0 aromatic carbocycles. The van der Waals surface area contributed by atoms with E-state index < -0.39 is 5.97 Å². The summed E-state index contributed by atoms with van der Waals surface area (Å²) >= 11 is 0. The maximum Gasteiger partial charge on any atom is 0.306 e. The SMILES string of the molecule is CCCCC(CCC)CC(C(=O)O)C(C)CCCCCCCCCCCCCCCCCCC(C)C. The summed E-state index contributed by atoms with van der Waals surface area (Å²) in [5, 5.41) is 9.84. The van der Waals surface area contributed by atoms with Crippen molar-refractivity contribution < 1.29 is 9.90 Å². The third kappa shape index (κ3) is 22.7. The first-order chi connectivity index (χ1) is 17.4. The molecule has 0 rings (SSSR count). The molecule has 2 nitrogen and oxygen atoms in total. The van der Waals surface area contributed by atoms with Gasteiger partial charge in [-0.2, -0.15) is 0 Å². The van der Waals surface area contributed by atoms with Crippen molar-refractivity contribution >= 4 is 5.97 Å². The van der Waals surface area contributed by atoms with E-state index in [0.717, 1.165) is 18.8 Å². The van der Waals surface area contributed by atoms with Crippen LogP contribution >= 0.6 is 0 Å². The summed E-state index contributed by atoms with van der Waals surface area (Å²) < 4.78 is 0. The van der Waals surface area contributed by atoms with Gasteiger partial charge < -0.3 is 5.11 Å². The topological polar surface area (TPSA) is 37.3 Å². The molecule has 0 saturated heterocycles. The summed E-state index contributed by atoms with van der Waals surface area (Å²) in [5.74, 6) is 1.09. The number of hydrogen-bond acceptors (Lipinski definition) is 1. The van der Waals surface area contributed by atoms with Crippen molar-refractivity contribution in [1.29, 1.82) is 0 Å². The van der Waals surface area contributed by atoms with Gasteiger partial charge in [0.15, 0.2) is 0 Å². The van der Waals surface area contributed by atoms with E-state index in [1.165, 1.54) is 141 Å². The highest BCUT2D eigenvalue weighted by atomic mass is 16.4. The molecule has 3 unspecified atom stereocenters. The molecule has 0 saturated carbocycles. The van der Waals surface area contributed by atoms with Gasteiger partial charge in [0.05, 0.1) is 5.92 Å². The highest BCUT2D eigenvalue weighted by molar-refractivity contribution is 5.70. The van der Waals surface area contributed by atoms with Crippen LogP contribution in [0.3, 0.4) is 0 Å². The van der Waals surface area contributed by atoms with Crippen molar-refractivity contribution in [2.24, 2.45) is 23.7 Å². The third-order valence-electron chi connectivity index (χ3n) is 8.45. The lowest BCUT2D eigenvalue weighted by Crippen LogP contribution is -2.25. The van der Waals surface area contributed by atoms with Crippen LogP contribution in [0.4, 0.5) is 0 Å². The average Bonchev–Trinajstić information content (AvgIpc) is 2.84. The number of rotatable bonds is 28. The van der Waals surface area contributed by atoms with Crippen LogP contribution in [0.5, 0.6) is 0 Å². The van der Waals surface area contributed by atoms with Crippen LogP contribution in [0.2, 0.25) is 0 Å². The minimum absolute atomic E-state index is 0.145. The molecular weight excluding hydrogens is 440 g/mol. The second kappa shape index (κ2) is 26.1. The van der Waals surface area contributed by atoms with E-state index in [-0.39, 0.29) is 5.92 Å². The first-order valence-electron chi connectivity index (χ1n) is 16.6. The van der Waals surface area contributed by atoms with E-state index in [0.29, 0.717) is 11.8 Å². The summed E-state index contributed by atoms with van der Waals surface area (Å²) in [7, 11) is 0. The molecule has 0 fully saturated rings. The summed E-state index contributed by atoms with van der Waals surface area (Å²) in [4.78, 5) is 12.0. The van der Waals surface area contributed by atoms with Gasteiger partial charge in [0, 0.05) is 0 Å². The van der Waals surface area contributed by atoms with Gasteiger partial charge in [-0.3, -0.25) is 4.79 Å². The van der Waals surface area contributed by atoms with E-state index in [4.69, 9.17) is 0 Å². The summed E-state index contributed by atoms with van der Waals surface area (Å²) in [5.41, 5.74) is 0. The molecule has 0 aliphatic carbocycles. The molecule has 0 heterocycles. The van der Waals surface area contributed by atoms with Crippen molar-refractivity contribution in [3.8, 4) is 0 Å². The van der Waals surface area contributed by atoms with E-state index in [1.807, 2.05) is 0 Å². The molecule has 0 spiro atoms. The fourth-order valence-electron chi connectivity index (χ4n) is 5.91. The van der Waals surface area contributed by atoms with Crippen molar-refractivity contribution in [3.05, 3.63) is 0 Å². The largest absolute Gasteiger partial charge is 0.481 e. The van der Waals surface area contributed by atoms with Crippen molar-refractivity contribution in [3.63, 3.8) is 0 Å². The zero-order chi connectivity index (χ0) is 26.9. The molecule has 2 heteroatoms. The second-order valence-corrected chi connectivity index (χ2v) is 12.6. The lowest BCUT2D eigenvalue weighted by Gasteiger charge is -2.25. The maximum absolute atomic E-state index is 12.0. The fraction of sp³-hybridized carbons (Fsp3) is 0.971. The maximum atomic E-state index is 12.0. The summed E-state index contributed by atoms with van der Waals surface area (Å²) in [6.07, 6.45) is 31.8. The van der Waals surface area contributed by atoms with E-state index in [1.54, 1.807) is 0 Å². The first-order valence-corrected chi connectivity index (χ1v) is 16.6. The number of carboxylic acids is 1. The van der Waals surface area contributed by atoms with E-state index >= 15 is 0 Å². The molecule has 0 aromatic rings. The zero-order valence-corrected chi connectivity index (χ0v) is 25.6. The Morgan fingerprint density at radius 2 is 0.944 bits per heavy atom. The van der Waals surface area contributed by atoms with Crippen LogP contribution < -0.4 is 0 Å². The van der Waals surface area contributed by atoms with E-state index in [9.17, 15) is 9.90 Å². The minimum Gasteiger partial charge on any atom is -0.481 e. The molecule has 1 N–H and O–H groups in total. The van der Waals surface area contributed by atoms with Gasteiger partial charge in [0.1, 0.15) is 0 Å². The van der Waals surface area contributed by atoms with Crippen molar-refractivity contribution in [2.75, 3.05) is 0 Å². The lowest BCUT2D eigenvalue weighted by molar-refractivity contribution is -0.144. The highest BCUT2D eigenvalue weighted by Crippen LogP contribution is 2.30. The normalized spacial score (nSPS) is 14.3. The Hall–Kier alpha value is -0.530. The Morgan fingerprint density at radius 1 is 0.528 bits per heavy atom. The van der Waals surface area contributed by atoms with Gasteiger partial charge in [-0.15, -0.1) is 0 Å². The molecule has 0 amide bonds. The molecule has 3 atom stereocenters. The molecule has 0 radical (unpaired) electrons. The predicted octanol–water partition coefficient (Wildman–Crippen LogP) is 12.0. The van der Waals surface area contributed by atoms with Crippen LogP contribution in [-0.4, -0.2) is 11.1 Å². The van der Waals surface area contributed by atoms with Crippen LogP contribution in [0.15, 0.2) is 0 Å². The lowest BCUT2D eigenvalue weighted by atomic mass is 9.80. The van der Waals surface area contributed by atoms with Gasteiger partial charge in [-0.25, -0.2) is 0 Å². The van der Waals surface area contributed by atoms with Crippen molar-refractivity contribution in [1.82, 2.24) is 0 Å². The smallest absolute Gasteiger partial charge is 0.306 e. The Bertz CT molecular complexity index is 458. The zero-order valence-electron chi connectivity index (χ0n) is 25.6. The molecule has 36 heavy (non-hydrogen) atoms. The quantitative estimate of drug-likeness (QED) is 0.107. The number of hydrogen-bond donors (Lipinski definition) is 1. The van der Waals surface area contributed by atoms with Crippen LogP contribution in [-0.2, 0) is 4.79 Å². The number of carbonyl (C=O) groups is 1. The van der Waals surface area contributed by atoms with Gasteiger partial charge in [-0.05, 0) is 30.6 Å². The number of carboxylic acid groups (broad SMARTS) is 1. The number of aliphatic carboxylic acids is 1. The standard InChI is InChI=1S/C34H68O2/c1-6-8-28-32(25-7-2)29-33(34(35)36)31(5)27-24-22-20-18-16-14-12-10-9-11-13-15-17-19-21-23-26-30(3)4/h30-33H,6-29H2,1-5H3,(H,35,36). The second-order valence-electron chi connectivity index (χ2n) is 12.6. The monoisotopic (exact) mass is 509 g/mol. The van der Waals surface area contributed by atoms with Gasteiger partial charge in [0.25, 0.3) is 0 Å². The first kappa shape index (κ1) is 35.5. The molecule has 0 aromatic heterocycles. The molecule has 0 bridgehead atoms. The highest BCUT2D eigenvalue weighted by Gasteiger charge is 2.27. The third-order valence-corrected chi connectivity index (χ3v) is 8.45. The molecule has 0 aliphatic rings. The Balaban J connectivity index is 3.63. The summed E-state index contributed by atoms with van der Waals surface area (Å²) in [6.45, 7) is 11.3. The number of unbranched alkanes of at least 4 members (excludes halogenated alkanes) is 16. The molecule has 216 valence electrons.